The minimum atomic E-state index is -4.58. The Morgan fingerprint density at radius 1 is 1.38 bits per heavy atom. The van der Waals surface area contributed by atoms with Crippen LogP contribution in [-0.4, -0.2) is 68.3 Å². The highest BCUT2D eigenvalue weighted by atomic mass is 19.4. The van der Waals surface area contributed by atoms with Gasteiger partial charge < -0.3 is 24.8 Å². The molecule has 1 aromatic heterocycles. The van der Waals surface area contributed by atoms with Crippen LogP contribution in [0.25, 0.3) is 0 Å². The van der Waals surface area contributed by atoms with Gasteiger partial charge in [-0.25, -0.2) is 4.79 Å². The number of hydrogen-bond donors (Lipinski definition) is 1. The van der Waals surface area contributed by atoms with E-state index in [1.807, 2.05) is 0 Å². The fraction of sp³-hybridized carbons (Fsp3) is 0.714. The SMILES string of the molecule is CC1CN(C[C@@H](N)CC(=O)N2CCn3c(nnc3C(F)(F)F)C2)C(=O)O1. The monoisotopic (exact) mass is 376 g/mol. The molecule has 1 saturated heterocycles. The summed E-state index contributed by atoms with van der Waals surface area (Å²) >= 11 is 0. The summed E-state index contributed by atoms with van der Waals surface area (Å²) in [6, 6.07) is -0.592. The number of cyclic esters (lactones) is 1. The lowest BCUT2D eigenvalue weighted by atomic mass is 10.1. The normalized spacial score (nSPS) is 21.6. The first-order valence-corrected chi connectivity index (χ1v) is 8.13. The van der Waals surface area contributed by atoms with E-state index in [9.17, 15) is 22.8 Å². The molecule has 12 heteroatoms. The maximum absolute atomic E-state index is 12.8. The van der Waals surface area contributed by atoms with Gasteiger partial charge in [0.2, 0.25) is 11.7 Å². The standard InChI is InChI=1S/C14H19F3N6O3/c1-8-5-22(13(25)26-8)6-9(18)4-11(24)21-2-3-23-10(7-21)19-20-12(23)14(15,16)17/h8-9H,2-7,18H2,1H3/t8?,9-/m0/s1. The molecule has 1 aromatic rings. The Hall–Kier alpha value is -2.37. The summed E-state index contributed by atoms with van der Waals surface area (Å²) in [6.07, 6.45) is -5.30. The van der Waals surface area contributed by atoms with Crippen molar-refractivity contribution in [2.24, 2.45) is 5.73 Å². The van der Waals surface area contributed by atoms with Crippen molar-refractivity contribution in [1.29, 1.82) is 0 Å². The van der Waals surface area contributed by atoms with E-state index >= 15 is 0 Å². The Morgan fingerprint density at radius 3 is 2.73 bits per heavy atom. The minimum absolute atomic E-state index is 0.0293. The number of nitrogens with two attached hydrogens (primary N) is 1. The summed E-state index contributed by atoms with van der Waals surface area (Å²) in [4.78, 5) is 26.8. The topological polar surface area (TPSA) is 107 Å². The first kappa shape index (κ1) is 18.4. The van der Waals surface area contributed by atoms with E-state index in [0.717, 1.165) is 4.57 Å². The molecule has 2 atom stereocenters. The van der Waals surface area contributed by atoms with Crippen LogP contribution >= 0.6 is 0 Å². The molecular formula is C14H19F3N6O3. The number of carbonyl (C=O) groups is 2. The maximum Gasteiger partial charge on any atom is 0.451 e. The molecule has 0 radical (unpaired) electrons. The molecule has 1 unspecified atom stereocenters. The summed E-state index contributed by atoms with van der Waals surface area (Å²) in [5.74, 6) is -1.28. The molecule has 0 spiro atoms. The second-order valence-corrected chi connectivity index (χ2v) is 6.47. The van der Waals surface area contributed by atoms with Crippen molar-refractivity contribution in [1.82, 2.24) is 24.6 Å². The number of hydrogen-bond acceptors (Lipinski definition) is 6. The Labute approximate surface area is 146 Å². The van der Waals surface area contributed by atoms with E-state index in [4.69, 9.17) is 10.5 Å². The van der Waals surface area contributed by atoms with E-state index in [1.165, 1.54) is 9.80 Å². The number of nitrogens with zero attached hydrogens (tertiary/aromatic N) is 5. The number of aromatic nitrogens is 3. The molecule has 3 rings (SSSR count). The summed E-state index contributed by atoms with van der Waals surface area (Å²) in [5.41, 5.74) is 5.95. The van der Waals surface area contributed by atoms with Gasteiger partial charge in [0.15, 0.2) is 5.82 Å². The predicted octanol–water partition coefficient (Wildman–Crippen LogP) is 0.197. The first-order valence-electron chi connectivity index (χ1n) is 8.13. The highest BCUT2D eigenvalue weighted by molar-refractivity contribution is 5.77. The third-order valence-electron chi connectivity index (χ3n) is 4.29. The Kier molecular flexibility index (Phi) is 4.78. The van der Waals surface area contributed by atoms with Gasteiger partial charge in [-0.15, -0.1) is 10.2 Å². The molecule has 0 aromatic carbocycles. The number of halogens is 3. The lowest BCUT2D eigenvalue weighted by Gasteiger charge is -2.29. The van der Waals surface area contributed by atoms with E-state index < -0.39 is 24.1 Å². The van der Waals surface area contributed by atoms with Crippen LogP contribution in [0.1, 0.15) is 25.0 Å². The van der Waals surface area contributed by atoms with Crippen molar-refractivity contribution in [2.45, 2.75) is 44.8 Å². The van der Waals surface area contributed by atoms with Crippen LogP contribution in [0.3, 0.4) is 0 Å². The largest absolute Gasteiger partial charge is 0.451 e. The first-order chi connectivity index (χ1) is 12.1. The summed E-state index contributed by atoms with van der Waals surface area (Å²) < 4.78 is 44.4. The quantitative estimate of drug-likeness (QED) is 0.804. The fourth-order valence-electron chi connectivity index (χ4n) is 3.10. The minimum Gasteiger partial charge on any atom is -0.445 e. The van der Waals surface area contributed by atoms with Gasteiger partial charge in [0.1, 0.15) is 6.10 Å². The average Bonchev–Trinajstić information content (AvgIpc) is 3.09. The number of carbonyl (C=O) groups excluding carboxylic acids is 2. The third-order valence-corrected chi connectivity index (χ3v) is 4.29. The van der Waals surface area contributed by atoms with E-state index in [-0.39, 0.29) is 50.4 Å². The van der Waals surface area contributed by atoms with Crippen molar-refractivity contribution < 1.29 is 27.5 Å². The molecule has 2 aliphatic heterocycles. The molecule has 0 saturated carbocycles. The van der Waals surface area contributed by atoms with Gasteiger partial charge in [0.05, 0.1) is 13.1 Å². The van der Waals surface area contributed by atoms with Crippen molar-refractivity contribution in [3.05, 3.63) is 11.6 Å². The van der Waals surface area contributed by atoms with Crippen LogP contribution in [0.4, 0.5) is 18.0 Å². The van der Waals surface area contributed by atoms with Crippen molar-refractivity contribution >= 4 is 12.0 Å². The summed E-state index contributed by atoms with van der Waals surface area (Å²) in [6.45, 7) is 2.37. The number of ether oxygens (including phenoxy) is 1. The van der Waals surface area contributed by atoms with Crippen LogP contribution in [0.2, 0.25) is 0 Å². The van der Waals surface area contributed by atoms with Crippen LogP contribution in [0.15, 0.2) is 0 Å². The number of rotatable bonds is 4. The molecule has 3 heterocycles. The summed E-state index contributed by atoms with van der Waals surface area (Å²) in [5, 5.41) is 6.71. The van der Waals surface area contributed by atoms with Crippen molar-refractivity contribution in [2.75, 3.05) is 19.6 Å². The van der Waals surface area contributed by atoms with Gasteiger partial charge >= 0.3 is 12.3 Å². The molecule has 2 aliphatic rings. The zero-order chi connectivity index (χ0) is 19.1. The van der Waals surface area contributed by atoms with Gasteiger partial charge in [-0.2, -0.15) is 13.2 Å². The van der Waals surface area contributed by atoms with Crippen LogP contribution in [0, 0.1) is 0 Å². The Morgan fingerprint density at radius 2 is 2.12 bits per heavy atom. The zero-order valence-corrected chi connectivity index (χ0v) is 14.1. The second-order valence-electron chi connectivity index (χ2n) is 6.47. The average molecular weight is 376 g/mol. The lowest BCUT2D eigenvalue weighted by molar-refractivity contribution is -0.148. The van der Waals surface area contributed by atoms with Crippen LogP contribution < -0.4 is 5.73 Å². The van der Waals surface area contributed by atoms with Gasteiger partial charge in [-0.1, -0.05) is 0 Å². The van der Waals surface area contributed by atoms with E-state index in [1.54, 1.807) is 6.92 Å². The smallest absolute Gasteiger partial charge is 0.445 e. The molecule has 2 N–H and O–H groups in total. The van der Waals surface area contributed by atoms with Gasteiger partial charge in [-0.05, 0) is 6.92 Å². The van der Waals surface area contributed by atoms with Gasteiger partial charge in [0, 0.05) is 32.1 Å². The number of amides is 2. The summed E-state index contributed by atoms with van der Waals surface area (Å²) in [7, 11) is 0. The molecule has 26 heavy (non-hydrogen) atoms. The number of fused-ring (bicyclic) bond motifs is 1. The van der Waals surface area contributed by atoms with Gasteiger partial charge in [-0.3, -0.25) is 4.79 Å². The van der Waals surface area contributed by atoms with Crippen molar-refractivity contribution in [3.8, 4) is 0 Å². The van der Waals surface area contributed by atoms with Crippen LogP contribution in [-0.2, 0) is 28.8 Å². The number of alkyl halides is 3. The second kappa shape index (κ2) is 6.74. The van der Waals surface area contributed by atoms with E-state index in [0.29, 0.717) is 6.54 Å². The van der Waals surface area contributed by atoms with Crippen molar-refractivity contribution in [3.63, 3.8) is 0 Å². The predicted molar refractivity (Wildman–Crippen MR) is 80.5 cm³/mol. The van der Waals surface area contributed by atoms with E-state index in [2.05, 4.69) is 10.2 Å². The molecule has 1 fully saturated rings. The molecule has 0 bridgehead atoms. The highest BCUT2D eigenvalue weighted by Gasteiger charge is 2.40. The fourth-order valence-corrected chi connectivity index (χ4v) is 3.10. The molecule has 144 valence electrons. The highest BCUT2D eigenvalue weighted by Crippen LogP contribution is 2.29. The Bertz CT molecular complexity index is 707. The lowest BCUT2D eigenvalue weighted by Crippen LogP contribution is -2.44. The maximum atomic E-state index is 12.8. The molecule has 2 amide bonds. The molecular weight excluding hydrogens is 357 g/mol. The molecule has 0 aliphatic carbocycles. The van der Waals surface area contributed by atoms with Gasteiger partial charge in [0.25, 0.3) is 0 Å². The zero-order valence-electron chi connectivity index (χ0n) is 14.1. The third kappa shape index (κ3) is 3.74. The molecule has 9 nitrogen and oxygen atoms in total. The van der Waals surface area contributed by atoms with Crippen LogP contribution in [0.5, 0.6) is 0 Å². The Balaban J connectivity index is 1.56.